The summed E-state index contributed by atoms with van der Waals surface area (Å²) >= 11 is 3.95. The van der Waals surface area contributed by atoms with Gasteiger partial charge >= 0.3 is 0 Å². The van der Waals surface area contributed by atoms with Crippen LogP contribution in [0.1, 0.15) is 76.7 Å². The Morgan fingerprint density at radius 1 is 0.500 bits per heavy atom. The van der Waals surface area contributed by atoms with Crippen molar-refractivity contribution in [2.45, 2.75) is 77.6 Å². The molecule has 0 aliphatic rings. The maximum Gasteiger partial charge on any atom is 0.0542 e. The van der Waals surface area contributed by atoms with E-state index in [2.05, 4.69) is 85.8 Å². The van der Waals surface area contributed by atoms with Crippen LogP contribution >= 0.6 is 22.7 Å². The second kappa shape index (κ2) is 12.0. The van der Waals surface area contributed by atoms with Crippen LogP contribution in [-0.2, 0) is 6.42 Å². The fourth-order valence-corrected chi connectivity index (χ4v) is 8.48. The lowest BCUT2D eigenvalue weighted by atomic mass is 10.0. The highest BCUT2D eigenvalue weighted by atomic mass is 32.1. The zero-order valence-corrected chi connectivity index (χ0v) is 24.2. The third-order valence-corrected chi connectivity index (χ3v) is 10.5. The van der Waals surface area contributed by atoms with Crippen molar-refractivity contribution >= 4 is 63.0 Å². The second-order valence-electron chi connectivity index (χ2n) is 10.9. The van der Waals surface area contributed by atoms with Gasteiger partial charge in [0, 0.05) is 20.2 Å². The Labute approximate surface area is 235 Å². The van der Waals surface area contributed by atoms with Gasteiger partial charge < -0.3 is 0 Å². The Bertz CT molecular complexity index is 1650. The molecule has 6 rings (SSSR count). The number of fused-ring (bicyclic) bond motifs is 6. The third-order valence-electron chi connectivity index (χ3n) is 8.03. The molecule has 2 heteroatoms. The highest BCUT2D eigenvalue weighted by molar-refractivity contribution is 7.36. The largest absolute Gasteiger partial charge is 0.134 e. The molecule has 4 aromatic carbocycles. The lowest BCUT2D eigenvalue weighted by molar-refractivity contribution is 0.556. The summed E-state index contributed by atoms with van der Waals surface area (Å²) in [6.07, 6.45) is 15.2. The fourth-order valence-electron chi connectivity index (χ4n) is 5.83. The SMILES string of the molecule is CCCCCCCCCCCCc1ccc2sc3c4cc5cc(-c6ccccc6)ccc5cc4sc3c2c1. The smallest absolute Gasteiger partial charge is 0.0542 e. The number of benzene rings is 4. The molecule has 2 aromatic heterocycles. The van der Waals surface area contributed by atoms with E-state index in [1.54, 1.807) is 0 Å². The molecule has 0 radical (unpaired) electrons. The minimum atomic E-state index is 1.21. The first kappa shape index (κ1) is 25.6. The van der Waals surface area contributed by atoms with E-state index in [1.807, 2.05) is 22.7 Å². The molecule has 0 N–H and O–H groups in total. The summed E-state index contributed by atoms with van der Waals surface area (Å²) in [4.78, 5) is 0. The number of hydrogen-bond acceptors (Lipinski definition) is 2. The standard InChI is InChI=1S/C36H38S2/c1-2-3-4-5-6-7-8-9-10-12-15-26-18-21-33-31(22-26)35-36(37-33)32-24-30-23-28(27-16-13-11-14-17-27)19-20-29(30)25-34(32)38-35/h11,13-14,16-25H,2-10,12,15H2,1H3. The number of thiophene rings is 2. The molecule has 0 spiro atoms. The topological polar surface area (TPSA) is 0 Å². The van der Waals surface area contributed by atoms with Gasteiger partial charge in [-0.25, -0.2) is 0 Å². The van der Waals surface area contributed by atoms with Crippen LogP contribution in [0.25, 0.3) is 51.5 Å². The van der Waals surface area contributed by atoms with Gasteiger partial charge in [0.05, 0.1) is 9.40 Å². The second-order valence-corrected chi connectivity index (χ2v) is 13.0. The van der Waals surface area contributed by atoms with Crippen molar-refractivity contribution < 1.29 is 0 Å². The van der Waals surface area contributed by atoms with Crippen molar-refractivity contribution in [3.8, 4) is 11.1 Å². The number of aryl methyl sites for hydroxylation is 1. The molecule has 0 saturated heterocycles. The van der Waals surface area contributed by atoms with E-state index in [9.17, 15) is 0 Å². The molecule has 0 aliphatic heterocycles. The fraction of sp³-hybridized carbons (Fsp3) is 0.333. The normalized spacial score (nSPS) is 11.9. The molecule has 6 aromatic rings. The Kier molecular flexibility index (Phi) is 8.09. The Hall–Kier alpha value is -2.68. The van der Waals surface area contributed by atoms with Gasteiger partial charge in [0.1, 0.15) is 0 Å². The molecular formula is C36H38S2. The van der Waals surface area contributed by atoms with Gasteiger partial charge in [0.25, 0.3) is 0 Å². The average Bonchev–Trinajstić information content (AvgIpc) is 3.48. The van der Waals surface area contributed by atoms with Crippen LogP contribution in [-0.4, -0.2) is 0 Å². The van der Waals surface area contributed by atoms with Crippen LogP contribution in [0.2, 0.25) is 0 Å². The van der Waals surface area contributed by atoms with Gasteiger partial charge in [-0.2, -0.15) is 0 Å². The summed E-state index contributed by atoms with van der Waals surface area (Å²) < 4.78 is 5.78. The average molecular weight is 535 g/mol. The molecule has 0 aliphatic carbocycles. The van der Waals surface area contributed by atoms with Gasteiger partial charge in [-0.15, -0.1) is 22.7 Å². The maximum atomic E-state index is 2.49. The molecule has 0 bridgehead atoms. The first-order valence-corrected chi connectivity index (χ1v) is 16.3. The van der Waals surface area contributed by atoms with E-state index < -0.39 is 0 Å². The zero-order valence-electron chi connectivity index (χ0n) is 22.6. The first-order valence-electron chi connectivity index (χ1n) is 14.7. The number of rotatable bonds is 12. The summed E-state index contributed by atoms with van der Waals surface area (Å²) in [5, 5.41) is 5.54. The summed E-state index contributed by atoms with van der Waals surface area (Å²) in [5.74, 6) is 0. The van der Waals surface area contributed by atoms with Crippen molar-refractivity contribution in [3.05, 3.63) is 84.4 Å². The Balaban J connectivity index is 1.17. The molecule has 38 heavy (non-hydrogen) atoms. The van der Waals surface area contributed by atoms with Crippen LogP contribution in [0, 0.1) is 0 Å². The van der Waals surface area contributed by atoms with Crippen LogP contribution in [0.15, 0.2) is 78.9 Å². The molecule has 0 unspecified atom stereocenters. The summed E-state index contributed by atoms with van der Waals surface area (Å²) in [7, 11) is 0. The molecule has 0 amide bonds. The predicted molar refractivity (Wildman–Crippen MR) is 173 cm³/mol. The van der Waals surface area contributed by atoms with Crippen LogP contribution in [0.5, 0.6) is 0 Å². The van der Waals surface area contributed by atoms with Crippen molar-refractivity contribution in [2.24, 2.45) is 0 Å². The van der Waals surface area contributed by atoms with Crippen molar-refractivity contribution in [3.63, 3.8) is 0 Å². The molecular weight excluding hydrogens is 497 g/mol. The molecule has 0 atom stereocenters. The van der Waals surface area contributed by atoms with E-state index in [4.69, 9.17) is 0 Å². The van der Waals surface area contributed by atoms with Crippen molar-refractivity contribution in [1.82, 2.24) is 0 Å². The van der Waals surface area contributed by atoms with Crippen molar-refractivity contribution in [2.75, 3.05) is 0 Å². The van der Waals surface area contributed by atoms with Crippen molar-refractivity contribution in [1.29, 1.82) is 0 Å². The molecule has 0 nitrogen and oxygen atoms in total. The lowest BCUT2D eigenvalue weighted by Crippen LogP contribution is -1.86. The first-order chi connectivity index (χ1) is 18.8. The maximum absolute atomic E-state index is 2.49. The van der Waals surface area contributed by atoms with Gasteiger partial charge in [0.2, 0.25) is 0 Å². The quantitative estimate of drug-likeness (QED) is 0.137. The molecule has 0 saturated carbocycles. The number of unbranched alkanes of at least 4 members (excludes halogenated alkanes) is 9. The van der Waals surface area contributed by atoms with Gasteiger partial charge in [-0.1, -0.05) is 113 Å². The monoisotopic (exact) mass is 534 g/mol. The highest BCUT2D eigenvalue weighted by Crippen LogP contribution is 2.45. The minimum Gasteiger partial charge on any atom is -0.134 e. The highest BCUT2D eigenvalue weighted by Gasteiger charge is 2.14. The molecule has 0 fully saturated rings. The van der Waals surface area contributed by atoms with E-state index >= 15 is 0 Å². The Morgan fingerprint density at radius 3 is 1.95 bits per heavy atom. The lowest BCUT2D eigenvalue weighted by Gasteiger charge is -2.05. The zero-order chi connectivity index (χ0) is 25.7. The number of hydrogen-bond donors (Lipinski definition) is 0. The van der Waals surface area contributed by atoms with Crippen LogP contribution < -0.4 is 0 Å². The van der Waals surface area contributed by atoms with Crippen LogP contribution in [0.3, 0.4) is 0 Å². The summed E-state index contributed by atoms with van der Waals surface area (Å²) in [6.45, 7) is 2.30. The van der Waals surface area contributed by atoms with E-state index in [0.717, 1.165) is 0 Å². The van der Waals surface area contributed by atoms with E-state index in [-0.39, 0.29) is 0 Å². The van der Waals surface area contributed by atoms with Gasteiger partial charge in [-0.05, 0) is 70.6 Å². The van der Waals surface area contributed by atoms with E-state index in [1.165, 1.54) is 128 Å². The Morgan fingerprint density at radius 2 is 1.18 bits per heavy atom. The predicted octanol–water partition coefficient (Wildman–Crippen LogP) is 12.6. The molecule has 194 valence electrons. The van der Waals surface area contributed by atoms with Crippen LogP contribution in [0.4, 0.5) is 0 Å². The summed E-state index contributed by atoms with van der Waals surface area (Å²) in [6, 6.07) is 29.7. The molecule has 2 heterocycles. The van der Waals surface area contributed by atoms with Gasteiger partial charge in [0.15, 0.2) is 0 Å². The third kappa shape index (κ3) is 5.53. The van der Waals surface area contributed by atoms with E-state index in [0.29, 0.717) is 0 Å². The van der Waals surface area contributed by atoms with Gasteiger partial charge in [-0.3, -0.25) is 0 Å². The minimum absolute atomic E-state index is 1.21. The summed E-state index contributed by atoms with van der Waals surface area (Å²) in [5.41, 5.74) is 4.07.